The summed E-state index contributed by atoms with van der Waals surface area (Å²) in [6.07, 6.45) is 2.85. The van der Waals surface area contributed by atoms with Crippen LogP contribution in [-0.2, 0) is 6.42 Å². The molecule has 0 saturated carbocycles. The SMILES string of the molecule is CCC(N)CCc1cc(Cl)ccc1Cl. The second-order valence-electron chi connectivity index (χ2n) is 3.44. The van der Waals surface area contributed by atoms with Crippen LogP contribution in [-0.4, -0.2) is 6.04 Å². The third-order valence-electron chi connectivity index (χ3n) is 2.32. The monoisotopic (exact) mass is 231 g/mol. The fourth-order valence-electron chi connectivity index (χ4n) is 1.28. The number of hydrogen-bond acceptors (Lipinski definition) is 1. The van der Waals surface area contributed by atoms with Gasteiger partial charge in [0, 0.05) is 16.1 Å². The average Bonchev–Trinajstić information content (AvgIpc) is 2.19. The Balaban J connectivity index is 2.62. The Kier molecular flexibility index (Phi) is 4.73. The first-order chi connectivity index (χ1) is 6.63. The Morgan fingerprint density at radius 2 is 2.07 bits per heavy atom. The molecule has 0 aliphatic heterocycles. The molecule has 1 rings (SSSR count). The molecule has 0 aliphatic carbocycles. The van der Waals surface area contributed by atoms with E-state index < -0.39 is 0 Å². The smallest absolute Gasteiger partial charge is 0.0439 e. The Morgan fingerprint density at radius 3 is 2.71 bits per heavy atom. The number of nitrogens with two attached hydrogens (primary N) is 1. The van der Waals surface area contributed by atoms with Crippen LogP contribution in [0, 0.1) is 0 Å². The molecule has 0 radical (unpaired) electrons. The normalized spacial score (nSPS) is 12.9. The first-order valence-corrected chi connectivity index (χ1v) is 5.58. The predicted octanol–water partition coefficient (Wildman–Crippen LogP) is 3.66. The van der Waals surface area contributed by atoms with Crippen molar-refractivity contribution in [3.63, 3.8) is 0 Å². The lowest BCUT2D eigenvalue weighted by Crippen LogP contribution is -2.19. The summed E-state index contributed by atoms with van der Waals surface area (Å²) in [7, 11) is 0. The summed E-state index contributed by atoms with van der Waals surface area (Å²) >= 11 is 11.9. The summed E-state index contributed by atoms with van der Waals surface area (Å²) < 4.78 is 0. The lowest BCUT2D eigenvalue weighted by Gasteiger charge is -2.09. The third-order valence-corrected chi connectivity index (χ3v) is 2.92. The predicted molar refractivity (Wildman–Crippen MR) is 63.0 cm³/mol. The number of benzene rings is 1. The molecule has 0 aliphatic rings. The van der Waals surface area contributed by atoms with Crippen LogP contribution in [0.3, 0.4) is 0 Å². The molecular weight excluding hydrogens is 217 g/mol. The molecule has 1 nitrogen and oxygen atoms in total. The largest absolute Gasteiger partial charge is 0.328 e. The second-order valence-corrected chi connectivity index (χ2v) is 4.29. The van der Waals surface area contributed by atoms with Gasteiger partial charge in [0.15, 0.2) is 0 Å². The van der Waals surface area contributed by atoms with E-state index >= 15 is 0 Å². The first-order valence-electron chi connectivity index (χ1n) is 4.83. The number of aryl methyl sites for hydroxylation is 1. The van der Waals surface area contributed by atoms with Crippen molar-refractivity contribution in [1.82, 2.24) is 0 Å². The van der Waals surface area contributed by atoms with Crippen molar-refractivity contribution in [3.05, 3.63) is 33.8 Å². The topological polar surface area (TPSA) is 26.0 Å². The van der Waals surface area contributed by atoms with Gasteiger partial charge in [-0.05, 0) is 43.0 Å². The molecule has 1 aromatic rings. The Labute approximate surface area is 95.2 Å². The number of rotatable bonds is 4. The van der Waals surface area contributed by atoms with Crippen LogP contribution >= 0.6 is 23.2 Å². The molecule has 0 heterocycles. The highest BCUT2D eigenvalue weighted by Crippen LogP contribution is 2.22. The van der Waals surface area contributed by atoms with E-state index in [1.165, 1.54) is 0 Å². The first kappa shape index (κ1) is 11.8. The van der Waals surface area contributed by atoms with Crippen molar-refractivity contribution in [1.29, 1.82) is 0 Å². The molecule has 0 fully saturated rings. The molecule has 1 atom stereocenters. The molecule has 3 heteroatoms. The molecule has 0 spiro atoms. The second kappa shape index (κ2) is 5.59. The van der Waals surface area contributed by atoms with Gasteiger partial charge < -0.3 is 5.73 Å². The van der Waals surface area contributed by atoms with Crippen molar-refractivity contribution in [2.75, 3.05) is 0 Å². The van der Waals surface area contributed by atoms with Gasteiger partial charge in [-0.15, -0.1) is 0 Å². The Morgan fingerprint density at radius 1 is 1.36 bits per heavy atom. The van der Waals surface area contributed by atoms with Gasteiger partial charge in [-0.25, -0.2) is 0 Å². The fourth-order valence-corrected chi connectivity index (χ4v) is 1.69. The fraction of sp³-hybridized carbons (Fsp3) is 0.455. The van der Waals surface area contributed by atoms with E-state index in [2.05, 4.69) is 6.92 Å². The minimum Gasteiger partial charge on any atom is -0.328 e. The lowest BCUT2D eigenvalue weighted by molar-refractivity contribution is 0.596. The maximum atomic E-state index is 6.02. The third kappa shape index (κ3) is 3.49. The average molecular weight is 232 g/mol. The van der Waals surface area contributed by atoms with Crippen molar-refractivity contribution >= 4 is 23.2 Å². The van der Waals surface area contributed by atoms with Crippen LogP contribution < -0.4 is 5.73 Å². The number of halogens is 2. The van der Waals surface area contributed by atoms with Gasteiger partial charge in [-0.1, -0.05) is 30.1 Å². The van der Waals surface area contributed by atoms with Crippen molar-refractivity contribution in [2.24, 2.45) is 5.73 Å². The molecule has 1 unspecified atom stereocenters. The molecule has 78 valence electrons. The molecule has 1 aromatic carbocycles. The van der Waals surface area contributed by atoms with Gasteiger partial charge in [-0.3, -0.25) is 0 Å². The molecule has 0 aromatic heterocycles. The number of hydrogen-bond donors (Lipinski definition) is 1. The summed E-state index contributed by atoms with van der Waals surface area (Å²) in [5.74, 6) is 0. The molecule has 0 bridgehead atoms. The zero-order chi connectivity index (χ0) is 10.6. The van der Waals surface area contributed by atoms with E-state index in [-0.39, 0.29) is 6.04 Å². The zero-order valence-corrected chi connectivity index (χ0v) is 9.78. The highest BCUT2D eigenvalue weighted by Gasteiger charge is 2.04. The van der Waals surface area contributed by atoms with E-state index in [0.29, 0.717) is 0 Å². The van der Waals surface area contributed by atoms with Crippen LogP contribution in [0.1, 0.15) is 25.3 Å². The van der Waals surface area contributed by atoms with Gasteiger partial charge in [-0.2, -0.15) is 0 Å². The van der Waals surface area contributed by atoms with E-state index in [9.17, 15) is 0 Å². The van der Waals surface area contributed by atoms with E-state index in [4.69, 9.17) is 28.9 Å². The van der Waals surface area contributed by atoms with Crippen LogP contribution in [0.15, 0.2) is 18.2 Å². The van der Waals surface area contributed by atoms with Crippen LogP contribution in [0.2, 0.25) is 10.0 Å². The molecule has 2 N–H and O–H groups in total. The van der Waals surface area contributed by atoms with Gasteiger partial charge in [0.1, 0.15) is 0 Å². The van der Waals surface area contributed by atoms with E-state index in [0.717, 1.165) is 34.9 Å². The molecule has 0 amide bonds. The summed E-state index contributed by atoms with van der Waals surface area (Å²) in [5, 5.41) is 1.51. The highest BCUT2D eigenvalue weighted by atomic mass is 35.5. The quantitative estimate of drug-likeness (QED) is 0.842. The van der Waals surface area contributed by atoms with E-state index in [1.807, 2.05) is 12.1 Å². The van der Waals surface area contributed by atoms with Gasteiger partial charge in [0.2, 0.25) is 0 Å². The van der Waals surface area contributed by atoms with Gasteiger partial charge in [0.25, 0.3) is 0 Å². The van der Waals surface area contributed by atoms with E-state index in [1.54, 1.807) is 6.07 Å². The van der Waals surface area contributed by atoms with Crippen LogP contribution in [0.4, 0.5) is 0 Å². The summed E-state index contributed by atoms with van der Waals surface area (Å²) in [4.78, 5) is 0. The van der Waals surface area contributed by atoms with Gasteiger partial charge >= 0.3 is 0 Å². The summed E-state index contributed by atoms with van der Waals surface area (Å²) in [6.45, 7) is 2.09. The van der Waals surface area contributed by atoms with Crippen LogP contribution in [0.25, 0.3) is 0 Å². The minimum atomic E-state index is 0.255. The van der Waals surface area contributed by atoms with Crippen molar-refractivity contribution < 1.29 is 0 Å². The maximum absolute atomic E-state index is 6.02. The van der Waals surface area contributed by atoms with Crippen molar-refractivity contribution in [2.45, 2.75) is 32.2 Å². The lowest BCUT2D eigenvalue weighted by atomic mass is 10.0. The van der Waals surface area contributed by atoms with Crippen LogP contribution in [0.5, 0.6) is 0 Å². The molecular formula is C11H15Cl2N. The summed E-state index contributed by atoms with van der Waals surface area (Å²) in [5.41, 5.74) is 6.92. The standard InChI is InChI=1S/C11H15Cl2N/c1-2-10(14)5-3-8-7-9(12)4-6-11(8)13/h4,6-7,10H,2-3,5,14H2,1H3. The molecule has 14 heavy (non-hydrogen) atoms. The Bertz CT molecular complexity index is 299. The minimum absolute atomic E-state index is 0.255. The van der Waals surface area contributed by atoms with Crippen molar-refractivity contribution in [3.8, 4) is 0 Å². The molecule has 0 saturated heterocycles. The highest BCUT2D eigenvalue weighted by molar-refractivity contribution is 6.33. The zero-order valence-electron chi connectivity index (χ0n) is 8.26. The maximum Gasteiger partial charge on any atom is 0.0439 e. The Hall–Kier alpha value is -0.240. The van der Waals surface area contributed by atoms with Gasteiger partial charge in [0.05, 0.1) is 0 Å². The summed E-state index contributed by atoms with van der Waals surface area (Å²) in [6, 6.07) is 5.79.